The van der Waals surface area contributed by atoms with E-state index < -0.39 is 0 Å². The molecule has 0 saturated carbocycles. The molecule has 3 N–H and O–H groups in total. The van der Waals surface area contributed by atoms with Crippen LogP contribution >= 0.6 is 11.5 Å². The molecule has 0 radical (unpaired) electrons. The first-order valence-corrected chi connectivity index (χ1v) is 6.91. The second-order valence-corrected chi connectivity index (χ2v) is 5.38. The Morgan fingerprint density at radius 2 is 2.05 bits per heavy atom. The number of nitrogen functional groups attached to an aromatic ring is 1. The van der Waals surface area contributed by atoms with Gasteiger partial charge in [-0.1, -0.05) is 0 Å². The van der Waals surface area contributed by atoms with Crippen LogP contribution in [0.2, 0.25) is 0 Å². The number of likely N-dealkylation sites (N-methyl/N-ethyl adjacent to an activating group) is 1. The summed E-state index contributed by atoms with van der Waals surface area (Å²) >= 11 is 1.25. The normalized spacial score (nSPS) is 11.9. The molecule has 0 aliphatic rings. The van der Waals surface area contributed by atoms with Crippen LogP contribution in [0.25, 0.3) is 11.1 Å². The van der Waals surface area contributed by atoms with Crippen molar-refractivity contribution in [3.05, 3.63) is 24.5 Å². The number of pyridine rings is 1. The molecule has 0 saturated heterocycles. The van der Waals surface area contributed by atoms with Gasteiger partial charge in [0.1, 0.15) is 16.9 Å². The van der Waals surface area contributed by atoms with Crippen molar-refractivity contribution < 1.29 is 4.79 Å². The minimum Gasteiger partial charge on any atom is -0.382 e. The maximum absolute atomic E-state index is 11.9. The SMILES string of the molecule is CC(Nc1snc(N)c1-c1ccncc1)C(=O)N(C)C. The molecule has 2 rings (SSSR count). The number of carbonyl (C=O) groups is 1. The molecule has 1 amide bonds. The first-order chi connectivity index (χ1) is 9.50. The van der Waals surface area contributed by atoms with Crippen LogP contribution in [0.15, 0.2) is 24.5 Å². The Kier molecular flexibility index (Phi) is 4.19. The van der Waals surface area contributed by atoms with E-state index in [0.717, 1.165) is 16.1 Å². The molecular formula is C13H17N5OS. The van der Waals surface area contributed by atoms with Gasteiger partial charge in [-0.25, -0.2) is 0 Å². The number of anilines is 2. The van der Waals surface area contributed by atoms with E-state index in [0.29, 0.717) is 5.82 Å². The third kappa shape index (κ3) is 2.88. The van der Waals surface area contributed by atoms with Crippen LogP contribution in [0.3, 0.4) is 0 Å². The van der Waals surface area contributed by atoms with Gasteiger partial charge in [-0.05, 0) is 36.2 Å². The number of nitrogens with zero attached hydrogens (tertiary/aromatic N) is 3. The van der Waals surface area contributed by atoms with Gasteiger partial charge < -0.3 is 16.0 Å². The predicted octanol–water partition coefficient (Wildman–Crippen LogP) is 1.68. The van der Waals surface area contributed by atoms with Gasteiger partial charge in [0.15, 0.2) is 0 Å². The van der Waals surface area contributed by atoms with Crippen molar-refractivity contribution in [1.29, 1.82) is 0 Å². The molecule has 20 heavy (non-hydrogen) atoms. The molecule has 2 aromatic heterocycles. The van der Waals surface area contributed by atoms with Crippen LogP contribution in [-0.4, -0.2) is 40.3 Å². The van der Waals surface area contributed by atoms with E-state index in [1.165, 1.54) is 11.5 Å². The van der Waals surface area contributed by atoms with E-state index in [-0.39, 0.29) is 11.9 Å². The highest BCUT2D eigenvalue weighted by Gasteiger charge is 2.19. The number of rotatable bonds is 4. The predicted molar refractivity (Wildman–Crippen MR) is 81.5 cm³/mol. The monoisotopic (exact) mass is 291 g/mol. The van der Waals surface area contributed by atoms with Crippen LogP contribution in [0, 0.1) is 0 Å². The summed E-state index contributed by atoms with van der Waals surface area (Å²) in [5.41, 5.74) is 7.67. The van der Waals surface area contributed by atoms with Crippen LogP contribution in [0.5, 0.6) is 0 Å². The van der Waals surface area contributed by atoms with Gasteiger partial charge >= 0.3 is 0 Å². The van der Waals surface area contributed by atoms with Crippen LogP contribution in [0.4, 0.5) is 10.8 Å². The third-order valence-corrected chi connectivity index (χ3v) is 3.64. The summed E-state index contributed by atoms with van der Waals surface area (Å²) in [4.78, 5) is 17.4. The first-order valence-electron chi connectivity index (χ1n) is 6.14. The molecule has 0 bridgehead atoms. The lowest BCUT2D eigenvalue weighted by atomic mass is 10.1. The minimum absolute atomic E-state index is 0.00218. The van der Waals surface area contributed by atoms with Crippen molar-refractivity contribution in [2.24, 2.45) is 0 Å². The summed E-state index contributed by atoms with van der Waals surface area (Å²) in [5.74, 6) is 0.450. The van der Waals surface area contributed by atoms with Crippen molar-refractivity contribution in [3.8, 4) is 11.1 Å². The Balaban J connectivity index is 2.29. The van der Waals surface area contributed by atoms with Crippen molar-refractivity contribution >= 4 is 28.3 Å². The highest BCUT2D eigenvalue weighted by atomic mass is 32.1. The molecule has 0 aromatic carbocycles. The highest BCUT2D eigenvalue weighted by Crippen LogP contribution is 2.36. The van der Waals surface area contributed by atoms with Crippen LogP contribution in [0.1, 0.15) is 6.92 Å². The highest BCUT2D eigenvalue weighted by molar-refractivity contribution is 7.11. The van der Waals surface area contributed by atoms with E-state index in [1.807, 2.05) is 19.1 Å². The summed E-state index contributed by atoms with van der Waals surface area (Å²) < 4.78 is 4.16. The smallest absolute Gasteiger partial charge is 0.244 e. The van der Waals surface area contributed by atoms with E-state index >= 15 is 0 Å². The minimum atomic E-state index is -0.342. The summed E-state index contributed by atoms with van der Waals surface area (Å²) in [6.45, 7) is 1.81. The fraction of sp³-hybridized carbons (Fsp3) is 0.308. The van der Waals surface area contributed by atoms with Gasteiger partial charge in [0.2, 0.25) is 5.91 Å². The van der Waals surface area contributed by atoms with E-state index in [4.69, 9.17) is 5.73 Å². The quantitative estimate of drug-likeness (QED) is 0.895. The molecule has 1 unspecified atom stereocenters. The van der Waals surface area contributed by atoms with E-state index in [9.17, 15) is 4.79 Å². The molecular weight excluding hydrogens is 274 g/mol. The number of nitrogens with two attached hydrogens (primary N) is 1. The zero-order valence-electron chi connectivity index (χ0n) is 11.6. The number of amides is 1. The summed E-state index contributed by atoms with van der Waals surface area (Å²) in [6, 6.07) is 3.39. The standard InChI is InChI=1S/C13H17N5OS/c1-8(13(19)18(2)3)16-12-10(11(14)17-20-12)9-4-6-15-7-5-9/h4-8,16H,1-3H3,(H2,14,17). The zero-order chi connectivity index (χ0) is 14.7. The number of hydrogen-bond donors (Lipinski definition) is 2. The lowest BCUT2D eigenvalue weighted by Gasteiger charge is -2.18. The number of aromatic nitrogens is 2. The summed E-state index contributed by atoms with van der Waals surface area (Å²) in [5, 5.41) is 3.96. The molecule has 0 fully saturated rings. The number of hydrogen-bond acceptors (Lipinski definition) is 6. The second-order valence-electron chi connectivity index (χ2n) is 4.61. The van der Waals surface area contributed by atoms with Crippen LogP contribution < -0.4 is 11.1 Å². The fourth-order valence-corrected chi connectivity index (χ4v) is 2.67. The molecule has 0 spiro atoms. The summed E-state index contributed by atoms with van der Waals surface area (Å²) in [6.07, 6.45) is 3.40. The van der Waals surface area contributed by atoms with Gasteiger partial charge in [0, 0.05) is 26.5 Å². The topological polar surface area (TPSA) is 84.1 Å². The van der Waals surface area contributed by atoms with Crippen LogP contribution in [-0.2, 0) is 4.79 Å². The Labute approximate surface area is 121 Å². The lowest BCUT2D eigenvalue weighted by Crippen LogP contribution is -2.36. The molecule has 7 heteroatoms. The molecule has 2 aromatic rings. The zero-order valence-corrected chi connectivity index (χ0v) is 12.4. The van der Waals surface area contributed by atoms with Gasteiger partial charge in [-0.2, -0.15) is 4.37 Å². The Bertz CT molecular complexity index is 596. The Morgan fingerprint density at radius 1 is 1.40 bits per heavy atom. The largest absolute Gasteiger partial charge is 0.382 e. The van der Waals surface area contributed by atoms with Crippen molar-refractivity contribution in [1.82, 2.24) is 14.3 Å². The average molecular weight is 291 g/mol. The third-order valence-electron chi connectivity index (χ3n) is 2.85. The molecule has 2 heterocycles. The molecule has 0 aliphatic heterocycles. The van der Waals surface area contributed by atoms with E-state index in [1.54, 1.807) is 31.4 Å². The van der Waals surface area contributed by atoms with E-state index in [2.05, 4.69) is 14.7 Å². The average Bonchev–Trinajstić information content (AvgIpc) is 2.79. The second kappa shape index (κ2) is 5.87. The molecule has 106 valence electrons. The van der Waals surface area contributed by atoms with Crippen molar-refractivity contribution in [2.45, 2.75) is 13.0 Å². The fourth-order valence-electron chi connectivity index (χ4n) is 1.84. The van der Waals surface area contributed by atoms with Gasteiger partial charge in [-0.3, -0.25) is 9.78 Å². The maximum atomic E-state index is 11.9. The van der Waals surface area contributed by atoms with Gasteiger partial charge in [0.05, 0.1) is 5.56 Å². The Hall–Kier alpha value is -2.15. The Morgan fingerprint density at radius 3 is 2.65 bits per heavy atom. The maximum Gasteiger partial charge on any atom is 0.244 e. The first kappa shape index (κ1) is 14.3. The van der Waals surface area contributed by atoms with Crippen molar-refractivity contribution in [3.63, 3.8) is 0 Å². The summed E-state index contributed by atoms with van der Waals surface area (Å²) in [7, 11) is 3.46. The lowest BCUT2D eigenvalue weighted by molar-refractivity contribution is -0.129. The number of nitrogens with one attached hydrogen (secondary N) is 1. The number of carbonyl (C=O) groups excluding carboxylic acids is 1. The van der Waals surface area contributed by atoms with Gasteiger partial charge in [-0.15, -0.1) is 0 Å². The molecule has 1 atom stereocenters. The van der Waals surface area contributed by atoms with Gasteiger partial charge in [0.25, 0.3) is 0 Å². The van der Waals surface area contributed by atoms with Crippen molar-refractivity contribution in [2.75, 3.05) is 25.1 Å². The molecule has 0 aliphatic carbocycles. The molecule has 6 nitrogen and oxygen atoms in total.